The van der Waals surface area contributed by atoms with Crippen molar-refractivity contribution in [2.75, 3.05) is 20.2 Å². The van der Waals surface area contributed by atoms with Crippen molar-refractivity contribution in [3.05, 3.63) is 42.6 Å². The van der Waals surface area contributed by atoms with E-state index in [2.05, 4.69) is 20.9 Å². The molecule has 1 fully saturated rings. The van der Waals surface area contributed by atoms with Gasteiger partial charge in [-0.05, 0) is 37.2 Å². The highest BCUT2D eigenvalue weighted by molar-refractivity contribution is 5.77. The molecule has 0 radical (unpaired) electrons. The summed E-state index contributed by atoms with van der Waals surface area (Å²) in [4.78, 5) is 9.38. The van der Waals surface area contributed by atoms with E-state index in [0.717, 1.165) is 47.8 Å². The predicted octanol–water partition coefficient (Wildman–Crippen LogP) is 2.64. The summed E-state index contributed by atoms with van der Waals surface area (Å²) in [6.45, 7) is 1.99. The molecular formula is C17H18N4O. The van der Waals surface area contributed by atoms with E-state index in [0.29, 0.717) is 6.04 Å². The minimum atomic E-state index is 0.390. The van der Waals surface area contributed by atoms with Gasteiger partial charge in [-0.15, -0.1) is 0 Å². The van der Waals surface area contributed by atoms with Crippen molar-refractivity contribution in [2.45, 2.75) is 12.5 Å². The zero-order valence-corrected chi connectivity index (χ0v) is 12.5. The lowest BCUT2D eigenvalue weighted by atomic mass is 10.1. The number of benzene rings is 1. The van der Waals surface area contributed by atoms with Gasteiger partial charge >= 0.3 is 0 Å². The van der Waals surface area contributed by atoms with E-state index in [1.807, 2.05) is 36.5 Å². The normalized spacial score (nSPS) is 18.0. The van der Waals surface area contributed by atoms with E-state index in [1.165, 1.54) is 0 Å². The Morgan fingerprint density at radius 1 is 1.27 bits per heavy atom. The molecule has 1 aliphatic heterocycles. The van der Waals surface area contributed by atoms with Gasteiger partial charge in [-0.1, -0.05) is 12.1 Å². The lowest BCUT2D eigenvalue weighted by Crippen LogP contribution is -2.14. The molecule has 0 amide bonds. The van der Waals surface area contributed by atoms with Crippen LogP contribution in [0.4, 0.5) is 0 Å². The number of methoxy groups -OCH3 is 1. The highest BCUT2D eigenvalue weighted by atomic mass is 16.5. The fraction of sp³-hybridized carbons (Fsp3) is 0.294. The zero-order valence-electron chi connectivity index (χ0n) is 12.5. The largest absolute Gasteiger partial charge is 0.497 e. The Bertz CT molecular complexity index is 805. The maximum absolute atomic E-state index is 5.35. The number of pyridine rings is 1. The van der Waals surface area contributed by atoms with Gasteiger partial charge in [0.05, 0.1) is 13.2 Å². The summed E-state index contributed by atoms with van der Waals surface area (Å²) >= 11 is 0. The minimum absolute atomic E-state index is 0.390. The number of fused-ring (bicyclic) bond motifs is 1. The smallest absolute Gasteiger partial charge is 0.160 e. The van der Waals surface area contributed by atoms with Crippen LogP contribution in [0.5, 0.6) is 5.75 Å². The van der Waals surface area contributed by atoms with E-state index >= 15 is 0 Å². The summed E-state index contributed by atoms with van der Waals surface area (Å²) in [7, 11) is 1.69. The van der Waals surface area contributed by atoms with Crippen LogP contribution >= 0.6 is 0 Å². The first-order valence-corrected chi connectivity index (χ1v) is 7.55. The van der Waals surface area contributed by atoms with Crippen LogP contribution in [0.2, 0.25) is 0 Å². The van der Waals surface area contributed by atoms with Crippen LogP contribution < -0.4 is 10.1 Å². The van der Waals surface area contributed by atoms with Gasteiger partial charge in [-0.2, -0.15) is 0 Å². The van der Waals surface area contributed by atoms with Gasteiger partial charge in [0.25, 0.3) is 0 Å². The maximum atomic E-state index is 5.35. The lowest BCUT2D eigenvalue weighted by Gasteiger charge is -2.15. The van der Waals surface area contributed by atoms with Crippen LogP contribution in [0.25, 0.3) is 22.6 Å². The minimum Gasteiger partial charge on any atom is -0.497 e. The SMILES string of the molecule is COc1cccc(-c2nc3cccnc3n2C2CCNC2)c1. The van der Waals surface area contributed by atoms with Gasteiger partial charge < -0.3 is 14.6 Å². The average molecular weight is 294 g/mol. The molecule has 22 heavy (non-hydrogen) atoms. The topological polar surface area (TPSA) is 52.0 Å². The molecule has 1 atom stereocenters. The second-order valence-corrected chi connectivity index (χ2v) is 5.53. The van der Waals surface area contributed by atoms with Gasteiger partial charge in [0.15, 0.2) is 5.65 Å². The summed E-state index contributed by atoms with van der Waals surface area (Å²) in [6.07, 6.45) is 2.93. The Hall–Kier alpha value is -2.40. The highest BCUT2D eigenvalue weighted by Gasteiger charge is 2.23. The van der Waals surface area contributed by atoms with E-state index < -0.39 is 0 Å². The van der Waals surface area contributed by atoms with Crippen molar-refractivity contribution < 1.29 is 4.74 Å². The molecule has 1 N–H and O–H groups in total. The van der Waals surface area contributed by atoms with Crippen LogP contribution in [-0.2, 0) is 0 Å². The van der Waals surface area contributed by atoms with Crippen LogP contribution in [0.15, 0.2) is 42.6 Å². The van der Waals surface area contributed by atoms with E-state index in [4.69, 9.17) is 9.72 Å². The Labute approximate surface area is 129 Å². The van der Waals surface area contributed by atoms with Crippen LogP contribution in [0.3, 0.4) is 0 Å². The Morgan fingerprint density at radius 2 is 2.23 bits per heavy atom. The molecule has 0 aliphatic carbocycles. The summed E-state index contributed by atoms with van der Waals surface area (Å²) < 4.78 is 7.62. The summed E-state index contributed by atoms with van der Waals surface area (Å²) in [6, 6.07) is 12.4. The lowest BCUT2D eigenvalue weighted by molar-refractivity contribution is 0.415. The van der Waals surface area contributed by atoms with Crippen molar-refractivity contribution >= 4 is 11.2 Å². The van der Waals surface area contributed by atoms with Gasteiger partial charge in [0, 0.05) is 18.3 Å². The highest BCUT2D eigenvalue weighted by Crippen LogP contribution is 2.31. The number of nitrogens with one attached hydrogen (secondary N) is 1. The molecule has 0 bridgehead atoms. The third-order valence-corrected chi connectivity index (χ3v) is 4.18. The Morgan fingerprint density at radius 3 is 3.05 bits per heavy atom. The molecule has 5 nitrogen and oxygen atoms in total. The fourth-order valence-corrected chi connectivity index (χ4v) is 3.10. The molecule has 5 heteroatoms. The number of hydrogen-bond acceptors (Lipinski definition) is 4. The first-order chi connectivity index (χ1) is 10.9. The molecule has 1 saturated heterocycles. The third kappa shape index (κ3) is 2.14. The molecule has 1 unspecified atom stereocenters. The van der Waals surface area contributed by atoms with Crippen molar-refractivity contribution in [3.63, 3.8) is 0 Å². The standard InChI is InChI=1S/C17H18N4O/c1-22-14-5-2-4-12(10-14)16-20-15-6-3-8-19-17(15)21(16)13-7-9-18-11-13/h2-6,8,10,13,18H,7,9,11H2,1H3. The summed E-state index contributed by atoms with van der Waals surface area (Å²) in [5.74, 6) is 1.80. The van der Waals surface area contributed by atoms with Crippen LogP contribution in [0, 0.1) is 0 Å². The van der Waals surface area contributed by atoms with Gasteiger partial charge in [-0.3, -0.25) is 0 Å². The number of rotatable bonds is 3. The number of hydrogen-bond donors (Lipinski definition) is 1. The van der Waals surface area contributed by atoms with Crippen molar-refractivity contribution in [1.82, 2.24) is 19.9 Å². The van der Waals surface area contributed by atoms with Crippen molar-refractivity contribution in [2.24, 2.45) is 0 Å². The van der Waals surface area contributed by atoms with Gasteiger partial charge in [0.2, 0.25) is 0 Å². The number of ether oxygens (including phenoxy) is 1. The average Bonchev–Trinajstić information content (AvgIpc) is 3.21. The molecule has 112 valence electrons. The van der Waals surface area contributed by atoms with E-state index in [-0.39, 0.29) is 0 Å². The van der Waals surface area contributed by atoms with Gasteiger partial charge in [-0.25, -0.2) is 9.97 Å². The monoisotopic (exact) mass is 294 g/mol. The summed E-state index contributed by atoms with van der Waals surface area (Å²) in [5, 5.41) is 3.43. The molecule has 0 spiro atoms. The van der Waals surface area contributed by atoms with Crippen LogP contribution in [0.1, 0.15) is 12.5 Å². The van der Waals surface area contributed by atoms with E-state index in [9.17, 15) is 0 Å². The fourth-order valence-electron chi connectivity index (χ4n) is 3.10. The molecular weight excluding hydrogens is 276 g/mol. The van der Waals surface area contributed by atoms with E-state index in [1.54, 1.807) is 7.11 Å². The Balaban J connectivity index is 1.93. The number of nitrogens with zero attached hydrogens (tertiary/aromatic N) is 3. The quantitative estimate of drug-likeness (QED) is 0.807. The second-order valence-electron chi connectivity index (χ2n) is 5.53. The molecule has 1 aliphatic rings. The molecule has 2 aromatic heterocycles. The molecule has 3 aromatic rings. The van der Waals surface area contributed by atoms with Crippen molar-refractivity contribution in [1.29, 1.82) is 0 Å². The van der Waals surface area contributed by atoms with Crippen LogP contribution in [-0.4, -0.2) is 34.7 Å². The van der Waals surface area contributed by atoms with Crippen molar-refractivity contribution in [3.8, 4) is 17.1 Å². The molecule has 0 saturated carbocycles. The molecule has 1 aromatic carbocycles. The maximum Gasteiger partial charge on any atom is 0.160 e. The molecule has 3 heterocycles. The van der Waals surface area contributed by atoms with Gasteiger partial charge in [0.1, 0.15) is 17.1 Å². The number of imidazole rings is 1. The summed E-state index contributed by atoms with van der Waals surface area (Å²) in [5.41, 5.74) is 2.95. The third-order valence-electron chi connectivity index (χ3n) is 4.18. The zero-order chi connectivity index (χ0) is 14.9. The first kappa shape index (κ1) is 13.3. The first-order valence-electron chi connectivity index (χ1n) is 7.55. The predicted molar refractivity (Wildman–Crippen MR) is 86.0 cm³/mol. The Kier molecular flexibility index (Phi) is 3.27. The molecule has 4 rings (SSSR count). The number of aromatic nitrogens is 3. The second kappa shape index (κ2) is 5.42.